The van der Waals surface area contributed by atoms with Crippen LogP contribution in [0.3, 0.4) is 0 Å². The SMILES string of the molecule is CC(=O)OC(C)(C)SCCC(F)(F)F. The van der Waals surface area contributed by atoms with Crippen LogP contribution in [0.2, 0.25) is 0 Å². The maximum Gasteiger partial charge on any atom is 0.389 e. The maximum absolute atomic E-state index is 11.8. The van der Waals surface area contributed by atoms with E-state index in [-0.39, 0.29) is 5.75 Å². The van der Waals surface area contributed by atoms with Gasteiger partial charge in [-0.25, -0.2) is 0 Å². The molecule has 84 valence electrons. The summed E-state index contributed by atoms with van der Waals surface area (Å²) < 4.78 is 40.1. The number of rotatable bonds is 4. The Kier molecular flexibility index (Phi) is 4.77. The Hall–Kier alpha value is -0.390. The van der Waals surface area contributed by atoms with E-state index in [1.165, 1.54) is 6.92 Å². The van der Waals surface area contributed by atoms with Crippen LogP contribution in [0.1, 0.15) is 27.2 Å². The van der Waals surface area contributed by atoms with E-state index in [2.05, 4.69) is 0 Å². The molecule has 2 nitrogen and oxygen atoms in total. The molecular formula is C8H13F3O2S. The molecule has 0 saturated carbocycles. The predicted octanol–water partition coefficient (Wildman–Crippen LogP) is 2.97. The number of esters is 1. The summed E-state index contributed by atoms with van der Waals surface area (Å²) in [5.74, 6) is -0.599. The molecule has 0 atom stereocenters. The lowest BCUT2D eigenvalue weighted by molar-refractivity contribution is -0.146. The van der Waals surface area contributed by atoms with E-state index in [0.29, 0.717) is 0 Å². The van der Waals surface area contributed by atoms with Gasteiger partial charge in [0.2, 0.25) is 0 Å². The number of halogens is 3. The van der Waals surface area contributed by atoms with Crippen LogP contribution in [0, 0.1) is 0 Å². The summed E-state index contributed by atoms with van der Waals surface area (Å²) in [6.45, 7) is 4.36. The van der Waals surface area contributed by atoms with Crippen LogP contribution in [-0.2, 0) is 9.53 Å². The second-order valence-electron chi connectivity index (χ2n) is 3.21. The molecule has 0 unspecified atom stereocenters. The largest absolute Gasteiger partial charge is 0.449 e. The monoisotopic (exact) mass is 230 g/mol. The Bertz CT molecular complexity index is 201. The van der Waals surface area contributed by atoms with Crippen molar-refractivity contribution in [1.29, 1.82) is 0 Å². The molecule has 0 saturated heterocycles. The van der Waals surface area contributed by atoms with Crippen molar-refractivity contribution < 1.29 is 22.7 Å². The van der Waals surface area contributed by atoms with Gasteiger partial charge in [0, 0.05) is 12.7 Å². The van der Waals surface area contributed by atoms with E-state index >= 15 is 0 Å². The average Bonchev–Trinajstić information content (AvgIpc) is 1.78. The van der Waals surface area contributed by atoms with Crippen LogP contribution >= 0.6 is 11.8 Å². The molecule has 0 aliphatic carbocycles. The number of hydrogen-bond acceptors (Lipinski definition) is 3. The summed E-state index contributed by atoms with van der Waals surface area (Å²) in [4.78, 5) is 9.67. The van der Waals surface area contributed by atoms with E-state index < -0.39 is 23.5 Å². The topological polar surface area (TPSA) is 26.3 Å². The van der Waals surface area contributed by atoms with E-state index in [1.54, 1.807) is 13.8 Å². The number of ether oxygens (including phenoxy) is 1. The zero-order valence-corrected chi connectivity index (χ0v) is 9.09. The van der Waals surface area contributed by atoms with Crippen molar-refractivity contribution >= 4 is 17.7 Å². The highest BCUT2D eigenvalue weighted by Crippen LogP contribution is 2.30. The van der Waals surface area contributed by atoms with E-state index in [1.807, 2.05) is 0 Å². The van der Waals surface area contributed by atoms with Gasteiger partial charge in [-0.05, 0) is 13.8 Å². The molecule has 0 amide bonds. The number of carbonyl (C=O) groups is 1. The van der Waals surface area contributed by atoms with Crippen molar-refractivity contribution in [2.75, 3.05) is 5.75 Å². The Labute approximate surface area is 85.2 Å². The first-order chi connectivity index (χ1) is 6.12. The molecule has 0 aliphatic heterocycles. The predicted molar refractivity (Wildman–Crippen MR) is 49.0 cm³/mol. The van der Waals surface area contributed by atoms with Gasteiger partial charge in [0.1, 0.15) is 0 Å². The zero-order chi connectivity index (χ0) is 11.4. The van der Waals surface area contributed by atoms with Crippen LogP contribution in [0.4, 0.5) is 13.2 Å². The summed E-state index contributed by atoms with van der Waals surface area (Å²) >= 11 is 0.971. The molecule has 14 heavy (non-hydrogen) atoms. The molecule has 0 aromatic heterocycles. The summed E-state index contributed by atoms with van der Waals surface area (Å²) in [5, 5.41) is 0. The fourth-order valence-electron chi connectivity index (χ4n) is 0.788. The third-order valence-electron chi connectivity index (χ3n) is 1.22. The van der Waals surface area contributed by atoms with Crippen molar-refractivity contribution in [1.82, 2.24) is 0 Å². The lowest BCUT2D eigenvalue weighted by Crippen LogP contribution is -2.24. The van der Waals surface area contributed by atoms with Crippen molar-refractivity contribution in [3.05, 3.63) is 0 Å². The molecule has 0 aromatic carbocycles. The average molecular weight is 230 g/mol. The normalized spacial score (nSPS) is 12.7. The van der Waals surface area contributed by atoms with Crippen molar-refractivity contribution in [3.8, 4) is 0 Å². The van der Waals surface area contributed by atoms with Crippen LogP contribution in [-0.4, -0.2) is 22.8 Å². The zero-order valence-electron chi connectivity index (χ0n) is 8.27. The van der Waals surface area contributed by atoms with E-state index in [0.717, 1.165) is 11.8 Å². The molecule has 0 aliphatic rings. The lowest BCUT2D eigenvalue weighted by Gasteiger charge is -2.23. The lowest BCUT2D eigenvalue weighted by atomic mass is 10.4. The number of hydrogen-bond donors (Lipinski definition) is 0. The first-order valence-electron chi connectivity index (χ1n) is 4.03. The van der Waals surface area contributed by atoms with Crippen molar-refractivity contribution in [3.63, 3.8) is 0 Å². The van der Waals surface area contributed by atoms with Gasteiger partial charge in [-0.15, -0.1) is 11.8 Å². The summed E-state index contributed by atoms with van der Waals surface area (Å²) in [7, 11) is 0. The minimum absolute atomic E-state index is 0.107. The quantitative estimate of drug-likeness (QED) is 0.548. The maximum atomic E-state index is 11.8. The van der Waals surface area contributed by atoms with Gasteiger partial charge in [0.05, 0.1) is 6.42 Å². The second kappa shape index (κ2) is 4.91. The Morgan fingerprint density at radius 3 is 2.21 bits per heavy atom. The molecule has 0 heterocycles. The molecule has 0 spiro atoms. The minimum atomic E-state index is -4.15. The standard InChI is InChI=1S/C8H13F3O2S/c1-6(12)13-7(2,3)14-5-4-8(9,10)11/h4-5H2,1-3H3. The Morgan fingerprint density at radius 1 is 1.36 bits per heavy atom. The van der Waals surface area contributed by atoms with Crippen molar-refractivity contribution in [2.45, 2.75) is 38.3 Å². The molecule has 0 aromatic rings. The Morgan fingerprint density at radius 2 is 1.86 bits per heavy atom. The highest BCUT2D eigenvalue weighted by molar-refractivity contribution is 8.00. The van der Waals surface area contributed by atoms with Crippen molar-refractivity contribution in [2.24, 2.45) is 0 Å². The first kappa shape index (κ1) is 13.6. The third kappa shape index (κ3) is 8.22. The fourth-order valence-corrected chi connectivity index (χ4v) is 1.79. The summed E-state index contributed by atoms with van der Waals surface area (Å²) in [5.41, 5.74) is 0. The van der Waals surface area contributed by atoms with Gasteiger partial charge in [-0.1, -0.05) is 0 Å². The van der Waals surface area contributed by atoms with Crippen LogP contribution in [0.15, 0.2) is 0 Å². The molecule has 0 N–H and O–H groups in total. The van der Waals surface area contributed by atoms with Gasteiger partial charge in [-0.2, -0.15) is 13.2 Å². The highest BCUT2D eigenvalue weighted by atomic mass is 32.2. The molecule has 6 heteroatoms. The number of alkyl halides is 3. The van der Waals surface area contributed by atoms with Gasteiger partial charge < -0.3 is 4.74 Å². The highest BCUT2D eigenvalue weighted by Gasteiger charge is 2.29. The molecular weight excluding hydrogens is 217 g/mol. The third-order valence-corrected chi connectivity index (χ3v) is 2.41. The summed E-state index contributed by atoms with van der Waals surface area (Å²) in [6, 6.07) is 0. The van der Waals surface area contributed by atoms with Gasteiger partial charge >= 0.3 is 12.1 Å². The van der Waals surface area contributed by atoms with Gasteiger partial charge in [0.25, 0.3) is 0 Å². The fraction of sp³-hybridized carbons (Fsp3) is 0.875. The van der Waals surface area contributed by atoms with Crippen LogP contribution in [0.5, 0.6) is 0 Å². The van der Waals surface area contributed by atoms with Crippen LogP contribution in [0.25, 0.3) is 0 Å². The smallest absolute Gasteiger partial charge is 0.389 e. The molecule has 0 bridgehead atoms. The Balaban J connectivity index is 3.82. The minimum Gasteiger partial charge on any atom is -0.449 e. The molecule has 0 radical (unpaired) electrons. The summed E-state index contributed by atoms with van der Waals surface area (Å²) in [6.07, 6.45) is -5.03. The molecule has 0 fully saturated rings. The first-order valence-corrected chi connectivity index (χ1v) is 5.01. The van der Waals surface area contributed by atoms with E-state index in [4.69, 9.17) is 4.74 Å². The second-order valence-corrected chi connectivity index (χ2v) is 4.89. The van der Waals surface area contributed by atoms with Crippen LogP contribution < -0.4 is 0 Å². The van der Waals surface area contributed by atoms with E-state index in [9.17, 15) is 18.0 Å². The van der Waals surface area contributed by atoms with Gasteiger partial charge in [-0.3, -0.25) is 4.79 Å². The van der Waals surface area contributed by atoms with Gasteiger partial charge in [0.15, 0.2) is 4.93 Å². The molecule has 0 rings (SSSR count). The number of thioether (sulfide) groups is 1. The number of carbonyl (C=O) groups excluding carboxylic acids is 1.